The number of hydrogen-bond donors (Lipinski definition) is 1. The second-order valence-corrected chi connectivity index (χ2v) is 5.68. The van der Waals surface area contributed by atoms with Crippen LogP contribution < -0.4 is 10.2 Å². The summed E-state index contributed by atoms with van der Waals surface area (Å²) in [7, 11) is 4.15. The van der Waals surface area contributed by atoms with E-state index in [1.54, 1.807) is 0 Å². The highest BCUT2D eigenvalue weighted by molar-refractivity contribution is 5.47. The van der Waals surface area contributed by atoms with Crippen molar-refractivity contribution in [2.24, 2.45) is 0 Å². The van der Waals surface area contributed by atoms with Crippen molar-refractivity contribution in [3.05, 3.63) is 29.8 Å². The molecule has 0 atom stereocenters. The lowest BCUT2D eigenvalue weighted by molar-refractivity contribution is 0.590. The maximum Gasteiger partial charge on any atom is 0.0363 e. The Balaban J connectivity index is 2.61. The minimum Gasteiger partial charge on any atom is -0.375 e. The summed E-state index contributed by atoms with van der Waals surface area (Å²) in [6.07, 6.45) is 1.17. The molecule has 0 aliphatic rings. The van der Waals surface area contributed by atoms with E-state index in [-0.39, 0.29) is 5.41 Å². The maximum atomic E-state index is 3.18. The summed E-state index contributed by atoms with van der Waals surface area (Å²) in [6, 6.07) is 8.92. The summed E-state index contributed by atoms with van der Waals surface area (Å²) in [4.78, 5) is 2.31. The lowest BCUT2D eigenvalue weighted by atomic mass is 9.87. The SMILES string of the molecule is CNCCCN(C)c1ccc(C(C)(C)C)cc1. The Hall–Kier alpha value is -1.02. The lowest BCUT2D eigenvalue weighted by Crippen LogP contribution is -2.22. The minimum atomic E-state index is 0.239. The van der Waals surface area contributed by atoms with Crippen LogP contribution in [0.5, 0.6) is 0 Å². The van der Waals surface area contributed by atoms with Crippen molar-refractivity contribution in [1.82, 2.24) is 5.32 Å². The van der Waals surface area contributed by atoms with E-state index in [1.165, 1.54) is 17.7 Å². The van der Waals surface area contributed by atoms with Crippen LogP contribution in [-0.2, 0) is 5.41 Å². The van der Waals surface area contributed by atoms with Gasteiger partial charge in [-0.1, -0.05) is 32.9 Å². The molecule has 2 heteroatoms. The van der Waals surface area contributed by atoms with Gasteiger partial charge in [-0.2, -0.15) is 0 Å². The summed E-state index contributed by atoms with van der Waals surface area (Å²) < 4.78 is 0. The summed E-state index contributed by atoms with van der Waals surface area (Å²) in [5, 5.41) is 3.18. The first kappa shape index (κ1) is 14.0. The van der Waals surface area contributed by atoms with Crippen LogP contribution >= 0.6 is 0 Å². The zero-order valence-corrected chi connectivity index (χ0v) is 11.9. The predicted octanol–water partition coefficient (Wildman–Crippen LogP) is 3.03. The van der Waals surface area contributed by atoms with Crippen LogP contribution in [0.4, 0.5) is 5.69 Å². The topological polar surface area (TPSA) is 15.3 Å². The Labute approximate surface area is 106 Å². The molecule has 96 valence electrons. The Morgan fingerprint density at radius 1 is 1.12 bits per heavy atom. The molecule has 0 radical (unpaired) electrons. The molecule has 0 unspecified atom stereocenters. The molecule has 1 aromatic rings. The van der Waals surface area contributed by atoms with Crippen molar-refractivity contribution in [2.75, 3.05) is 32.1 Å². The van der Waals surface area contributed by atoms with Crippen molar-refractivity contribution in [2.45, 2.75) is 32.6 Å². The number of anilines is 1. The Morgan fingerprint density at radius 2 is 1.71 bits per heavy atom. The summed E-state index contributed by atoms with van der Waals surface area (Å²) >= 11 is 0. The molecule has 0 aromatic heterocycles. The van der Waals surface area contributed by atoms with E-state index in [0.29, 0.717) is 0 Å². The molecule has 1 aromatic carbocycles. The summed E-state index contributed by atoms with van der Waals surface area (Å²) in [5.74, 6) is 0. The van der Waals surface area contributed by atoms with E-state index >= 15 is 0 Å². The largest absolute Gasteiger partial charge is 0.375 e. The third-order valence-electron chi connectivity index (χ3n) is 3.09. The maximum absolute atomic E-state index is 3.18. The molecule has 0 heterocycles. The predicted molar refractivity (Wildman–Crippen MR) is 77.0 cm³/mol. The van der Waals surface area contributed by atoms with Gasteiger partial charge in [-0.15, -0.1) is 0 Å². The average molecular weight is 234 g/mol. The van der Waals surface area contributed by atoms with E-state index in [9.17, 15) is 0 Å². The molecule has 0 aliphatic heterocycles. The first-order valence-electron chi connectivity index (χ1n) is 6.41. The first-order valence-corrected chi connectivity index (χ1v) is 6.41. The van der Waals surface area contributed by atoms with Gasteiger partial charge in [0.15, 0.2) is 0 Å². The van der Waals surface area contributed by atoms with Crippen molar-refractivity contribution < 1.29 is 0 Å². The average Bonchev–Trinajstić information content (AvgIpc) is 2.28. The van der Waals surface area contributed by atoms with Crippen LogP contribution in [0, 0.1) is 0 Å². The number of rotatable bonds is 5. The van der Waals surface area contributed by atoms with Gasteiger partial charge in [-0.3, -0.25) is 0 Å². The Morgan fingerprint density at radius 3 is 2.18 bits per heavy atom. The number of nitrogens with one attached hydrogen (secondary N) is 1. The fraction of sp³-hybridized carbons (Fsp3) is 0.600. The smallest absolute Gasteiger partial charge is 0.0363 e. The van der Waals surface area contributed by atoms with Gasteiger partial charge < -0.3 is 10.2 Å². The van der Waals surface area contributed by atoms with Crippen molar-refractivity contribution in [3.8, 4) is 0 Å². The number of benzene rings is 1. The van der Waals surface area contributed by atoms with Gasteiger partial charge >= 0.3 is 0 Å². The van der Waals surface area contributed by atoms with Gasteiger partial charge in [0.25, 0.3) is 0 Å². The number of nitrogens with zero attached hydrogens (tertiary/aromatic N) is 1. The second kappa shape index (κ2) is 6.06. The molecule has 0 spiro atoms. The van der Waals surface area contributed by atoms with Crippen LogP contribution in [0.15, 0.2) is 24.3 Å². The van der Waals surface area contributed by atoms with E-state index in [4.69, 9.17) is 0 Å². The molecule has 1 N–H and O–H groups in total. The standard InChI is InChI=1S/C15H26N2/c1-15(2,3)13-7-9-14(10-8-13)17(5)12-6-11-16-4/h7-10,16H,6,11-12H2,1-5H3. The quantitative estimate of drug-likeness (QED) is 0.788. The molecule has 0 saturated heterocycles. The minimum absolute atomic E-state index is 0.239. The zero-order chi connectivity index (χ0) is 12.9. The highest BCUT2D eigenvalue weighted by atomic mass is 15.1. The zero-order valence-electron chi connectivity index (χ0n) is 11.9. The molecule has 0 bridgehead atoms. The molecule has 17 heavy (non-hydrogen) atoms. The third-order valence-corrected chi connectivity index (χ3v) is 3.09. The van der Waals surface area contributed by atoms with Crippen molar-refractivity contribution >= 4 is 5.69 Å². The monoisotopic (exact) mass is 234 g/mol. The summed E-state index contributed by atoms with van der Waals surface area (Å²) in [5.41, 5.74) is 2.93. The van der Waals surface area contributed by atoms with Gasteiger partial charge in [0.1, 0.15) is 0 Å². The van der Waals surface area contributed by atoms with Crippen LogP contribution in [-0.4, -0.2) is 27.2 Å². The van der Waals surface area contributed by atoms with Gasteiger partial charge in [-0.25, -0.2) is 0 Å². The molecule has 2 nitrogen and oxygen atoms in total. The highest BCUT2D eigenvalue weighted by Gasteiger charge is 2.13. The van der Waals surface area contributed by atoms with Crippen LogP contribution in [0.25, 0.3) is 0 Å². The van der Waals surface area contributed by atoms with Gasteiger partial charge in [-0.05, 0) is 43.1 Å². The van der Waals surface area contributed by atoms with Gasteiger partial charge in [0.2, 0.25) is 0 Å². The first-order chi connectivity index (χ1) is 7.95. The third kappa shape index (κ3) is 4.39. The van der Waals surface area contributed by atoms with Crippen LogP contribution in [0.2, 0.25) is 0 Å². The lowest BCUT2D eigenvalue weighted by Gasteiger charge is -2.22. The number of hydrogen-bond acceptors (Lipinski definition) is 2. The molecule has 0 fully saturated rings. The van der Waals surface area contributed by atoms with E-state index < -0.39 is 0 Å². The van der Waals surface area contributed by atoms with E-state index in [0.717, 1.165) is 13.1 Å². The van der Waals surface area contributed by atoms with Gasteiger partial charge in [0.05, 0.1) is 0 Å². The molecule has 0 saturated carbocycles. The molecular weight excluding hydrogens is 208 g/mol. The van der Waals surface area contributed by atoms with E-state index in [2.05, 4.69) is 62.3 Å². The Kier molecular flexibility index (Phi) is 5.01. The fourth-order valence-electron chi connectivity index (χ4n) is 1.84. The molecule has 1 rings (SSSR count). The molecule has 0 aliphatic carbocycles. The fourth-order valence-corrected chi connectivity index (χ4v) is 1.84. The normalized spacial score (nSPS) is 11.6. The van der Waals surface area contributed by atoms with Crippen LogP contribution in [0.1, 0.15) is 32.8 Å². The molecule has 0 amide bonds. The second-order valence-electron chi connectivity index (χ2n) is 5.68. The highest BCUT2D eigenvalue weighted by Crippen LogP contribution is 2.24. The van der Waals surface area contributed by atoms with Crippen LogP contribution in [0.3, 0.4) is 0 Å². The molecular formula is C15H26N2. The van der Waals surface area contributed by atoms with E-state index in [1.807, 2.05) is 7.05 Å². The van der Waals surface area contributed by atoms with Crippen molar-refractivity contribution in [1.29, 1.82) is 0 Å². The van der Waals surface area contributed by atoms with Crippen molar-refractivity contribution in [3.63, 3.8) is 0 Å². The summed E-state index contributed by atoms with van der Waals surface area (Å²) in [6.45, 7) is 8.91. The van der Waals surface area contributed by atoms with Gasteiger partial charge in [0, 0.05) is 19.3 Å². The Bertz CT molecular complexity index is 322.